The van der Waals surface area contributed by atoms with Crippen LogP contribution in [-0.2, 0) is 4.79 Å². The fourth-order valence-electron chi connectivity index (χ4n) is 1.98. The molecule has 1 fully saturated rings. The molecule has 0 bridgehead atoms. The first-order valence-corrected chi connectivity index (χ1v) is 5.93. The highest BCUT2D eigenvalue weighted by Gasteiger charge is 2.21. The van der Waals surface area contributed by atoms with Gasteiger partial charge in [-0.1, -0.05) is 30.9 Å². The van der Waals surface area contributed by atoms with Crippen LogP contribution < -0.4 is 5.32 Å². The summed E-state index contributed by atoms with van der Waals surface area (Å²) in [6, 6.07) is 3.28. The highest BCUT2D eigenvalue weighted by Crippen LogP contribution is 2.24. The predicted molar refractivity (Wildman–Crippen MR) is 62.2 cm³/mol. The van der Waals surface area contributed by atoms with Gasteiger partial charge in [-0.05, 0) is 25.0 Å². The molecule has 1 amide bonds. The standard InChI is InChI=1S/C11H14ClN3O/c12-9-6-7-10(15-14-9)13-11(16)8-4-2-1-3-5-8/h6-8H,1-5H2,(H,13,15,16). The molecule has 1 aliphatic carbocycles. The molecule has 0 aromatic carbocycles. The summed E-state index contributed by atoms with van der Waals surface area (Å²) >= 11 is 5.61. The van der Waals surface area contributed by atoms with E-state index in [9.17, 15) is 4.79 Å². The first kappa shape index (κ1) is 11.3. The maximum absolute atomic E-state index is 11.8. The average molecular weight is 240 g/mol. The maximum Gasteiger partial charge on any atom is 0.228 e. The quantitative estimate of drug-likeness (QED) is 0.863. The van der Waals surface area contributed by atoms with Crippen molar-refractivity contribution in [1.82, 2.24) is 10.2 Å². The second-order valence-corrected chi connectivity index (χ2v) is 4.45. The molecule has 1 heterocycles. The minimum Gasteiger partial charge on any atom is -0.309 e. The van der Waals surface area contributed by atoms with E-state index in [0.717, 1.165) is 25.7 Å². The number of aromatic nitrogens is 2. The number of hydrogen-bond donors (Lipinski definition) is 1. The summed E-state index contributed by atoms with van der Waals surface area (Å²) in [5, 5.41) is 10.6. The molecular weight excluding hydrogens is 226 g/mol. The summed E-state index contributed by atoms with van der Waals surface area (Å²) < 4.78 is 0. The van der Waals surface area contributed by atoms with Crippen molar-refractivity contribution in [3.8, 4) is 0 Å². The van der Waals surface area contributed by atoms with Crippen LogP contribution in [0.1, 0.15) is 32.1 Å². The topological polar surface area (TPSA) is 54.9 Å². The van der Waals surface area contributed by atoms with Gasteiger partial charge in [-0.25, -0.2) is 0 Å². The zero-order valence-corrected chi connectivity index (χ0v) is 9.70. The molecule has 1 N–H and O–H groups in total. The summed E-state index contributed by atoms with van der Waals surface area (Å²) in [5.41, 5.74) is 0. The molecule has 0 atom stereocenters. The van der Waals surface area contributed by atoms with Crippen molar-refractivity contribution in [2.45, 2.75) is 32.1 Å². The average Bonchev–Trinajstić information content (AvgIpc) is 2.33. The Labute approximate surface area is 99.4 Å². The molecule has 1 saturated carbocycles. The van der Waals surface area contributed by atoms with Gasteiger partial charge in [-0.15, -0.1) is 10.2 Å². The van der Waals surface area contributed by atoms with Crippen molar-refractivity contribution in [2.24, 2.45) is 5.92 Å². The SMILES string of the molecule is O=C(Nc1ccc(Cl)nn1)C1CCCCC1. The first-order chi connectivity index (χ1) is 7.75. The van der Waals surface area contributed by atoms with E-state index in [1.54, 1.807) is 12.1 Å². The highest BCUT2D eigenvalue weighted by molar-refractivity contribution is 6.29. The fraction of sp³-hybridized carbons (Fsp3) is 0.545. The second-order valence-electron chi connectivity index (χ2n) is 4.07. The lowest BCUT2D eigenvalue weighted by Gasteiger charge is -2.20. The Kier molecular flexibility index (Phi) is 3.72. The maximum atomic E-state index is 11.8. The smallest absolute Gasteiger partial charge is 0.228 e. The minimum atomic E-state index is 0.0522. The highest BCUT2D eigenvalue weighted by atomic mass is 35.5. The van der Waals surface area contributed by atoms with Crippen LogP contribution in [0.25, 0.3) is 0 Å². The van der Waals surface area contributed by atoms with Crippen molar-refractivity contribution in [3.63, 3.8) is 0 Å². The third kappa shape index (κ3) is 2.92. The Morgan fingerprint density at radius 1 is 1.25 bits per heavy atom. The van der Waals surface area contributed by atoms with Crippen molar-refractivity contribution in [1.29, 1.82) is 0 Å². The number of nitrogens with one attached hydrogen (secondary N) is 1. The molecule has 1 aromatic heterocycles. The number of nitrogens with zero attached hydrogens (tertiary/aromatic N) is 2. The number of hydrogen-bond acceptors (Lipinski definition) is 3. The Morgan fingerprint density at radius 3 is 2.62 bits per heavy atom. The number of amides is 1. The van der Waals surface area contributed by atoms with E-state index in [1.165, 1.54) is 6.42 Å². The van der Waals surface area contributed by atoms with Crippen LogP contribution in [0.2, 0.25) is 5.15 Å². The van der Waals surface area contributed by atoms with Gasteiger partial charge in [0.15, 0.2) is 11.0 Å². The van der Waals surface area contributed by atoms with Gasteiger partial charge in [0, 0.05) is 5.92 Å². The molecule has 5 heteroatoms. The molecule has 86 valence electrons. The number of halogens is 1. The van der Waals surface area contributed by atoms with Crippen LogP contribution in [0.3, 0.4) is 0 Å². The lowest BCUT2D eigenvalue weighted by atomic mass is 9.89. The minimum absolute atomic E-state index is 0.0522. The zero-order valence-electron chi connectivity index (χ0n) is 8.95. The Bertz CT molecular complexity index is 360. The van der Waals surface area contributed by atoms with Crippen molar-refractivity contribution in [2.75, 3.05) is 5.32 Å². The van der Waals surface area contributed by atoms with E-state index in [-0.39, 0.29) is 11.8 Å². The molecule has 0 saturated heterocycles. The van der Waals surface area contributed by atoms with Crippen LogP contribution >= 0.6 is 11.6 Å². The fourth-order valence-corrected chi connectivity index (χ4v) is 2.08. The number of carbonyl (C=O) groups is 1. The molecule has 0 aliphatic heterocycles. The molecule has 1 aromatic rings. The van der Waals surface area contributed by atoms with E-state index in [1.807, 2.05) is 0 Å². The normalized spacial score (nSPS) is 17.1. The summed E-state index contributed by atoms with van der Waals surface area (Å²) in [6.45, 7) is 0. The molecule has 16 heavy (non-hydrogen) atoms. The molecule has 0 unspecified atom stereocenters. The lowest BCUT2D eigenvalue weighted by molar-refractivity contribution is -0.120. The number of carbonyl (C=O) groups excluding carboxylic acids is 1. The Balaban J connectivity index is 1.93. The van der Waals surface area contributed by atoms with Gasteiger partial charge in [0.05, 0.1) is 0 Å². The van der Waals surface area contributed by atoms with Crippen LogP contribution in [0.4, 0.5) is 5.82 Å². The molecule has 0 spiro atoms. The van der Waals surface area contributed by atoms with Gasteiger partial charge < -0.3 is 5.32 Å². The zero-order chi connectivity index (χ0) is 11.4. The van der Waals surface area contributed by atoms with Crippen LogP contribution in [0, 0.1) is 5.92 Å². The summed E-state index contributed by atoms with van der Waals surface area (Å²) in [5.74, 6) is 0.655. The van der Waals surface area contributed by atoms with Crippen LogP contribution in [0.5, 0.6) is 0 Å². The first-order valence-electron chi connectivity index (χ1n) is 5.56. The predicted octanol–water partition coefficient (Wildman–Crippen LogP) is 2.65. The van der Waals surface area contributed by atoms with E-state index in [0.29, 0.717) is 11.0 Å². The van der Waals surface area contributed by atoms with Crippen molar-refractivity contribution >= 4 is 23.3 Å². The lowest BCUT2D eigenvalue weighted by Crippen LogP contribution is -2.25. The number of anilines is 1. The van der Waals surface area contributed by atoms with Gasteiger partial charge in [-0.2, -0.15) is 0 Å². The molecular formula is C11H14ClN3O. The van der Waals surface area contributed by atoms with Crippen molar-refractivity contribution in [3.05, 3.63) is 17.3 Å². The van der Waals surface area contributed by atoms with Gasteiger partial charge in [0.1, 0.15) is 0 Å². The van der Waals surface area contributed by atoms with Gasteiger partial charge >= 0.3 is 0 Å². The summed E-state index contributed by atoms with van der Waals surface area (Å²) in [4.78, 5) is 11.8. The molecule has 4 nitrogen and oxygen atoms in total. The summed E-state index contributed by atoms with van der Waals surface area (Å²) in [7, 11) is 0. The van der Waals surface area contributed by atoms with E-state index in [4.69, 9.17) is 11.6 Å². The molecule has 0 radical (unpaired) electrons. The third-order valence-corrected chi connectivity index (χ3v) is 3.06. The van der Waals surface area contributed by atoms with E-state index < -0.39 is 0 Å². The Morgan fingerprint density at radius 2 is 2.00 bits per heavy atom. The van der Waals surface area contributed by atoms with Crippen molar-refractivity contribution < 1.29 is 4.79 Å². The van der Waals surface area contributed by atoms with Gasteiger partial charge in [-0.3, -0.25) is 4.79 Å². The van der Waals surface area contributed by atoms with Crippen LogP contribution in [-0.4, -0.2) is 16.1 Å². The number of rotatable bonds is 2. The van der Waals surface area contributed by atoms with E-state index in [2.05, 4.69) is 15.5 Å². The van der Waals surface area contributed by atoms with Gasteiger partial charge in [0.25, 0.3) is 0 Å². The largest absolute Gasteiger partial charge is 0.309 e. The second kappa shape index (κ2) is 5.25. The van der Waals surface area contributed by atoms with Crippen LogP contribution in [0.15, 0.2) is 12.1 Å². The van der Waals surface area contributed by atoms with Gasteiger partial charge in [0.2, 0.25) is 5.91 Å². The Hall–Kier alpha value is -1.16. The third-order valence-electron chi connectivity index (χ3n) is 2.86. The van der Waals surface area contributed by atoms with E-state index >= 15 is 0 Å². The molecule has 2 rings (SSSR count). The molecule has 1 aliphatic rings. The monoisotopic (exact) mass is 239 g/mol. The summed E-state index contributed by atoms with van der Waals surface area (Å²) in [6.07, 6.45) is 5.49.